The molecule has 0 aliphatic heterocycles. The van der Waals surface area contributed by atoms with Crippen LogP contribution in [0.25, 0.3) is 0 Å². The Balaban J connectivity index is 2.19. The third kappa shape index (κ3) is 2.95. The molecule has 4 nitrogen and oxygen atoms in total. The van der Waals surface area contributed by atoms with Crippen LogP contribution in [-0.4, -0.2) is 11.0 Å². The fourth-order valence-electron chi connectivity index (χ4n) is 1.80. The number of hydrogen-bond acceptors (Lipinski definition) is 3. The average molecular weight is 274 g/mol. The lowest BCUT2D eigenvalue weighted by molar-refractivity contribution is 0.102. The van der Waals surface area contributed by atoms with E-state index in [1.807, 2.05) is 6.92 Å². The second kappa shape index (κ2) is 5.71. The Morgan fingerprint density at radius 3 is 2.45 bits per heavy atom. The van der Waals surface area contributed by atoms with Crippen LogP contribution in [0.1, 0.15) is 28.9 Å². The summed E-state index contributed by atoms with van der Waals surface area (Å²) in [7, 11) is 0. The van der Waals surface area contributed by atoms with Crippen LogP contribution in [0, 0.1) is 5.82 Å². The third-order valence-electron chi connectivity index (χ3n) is 2.91. The van der Waals surface area contributed by atoms with Crippen molar-refractivity contribution in [2.45, 2.75) is 13.0 Å². The van der Waals surface area contributed by atoms with Crippen molar-refractivity contribution in [1.82, 2.24) is 0 Å². The SMILES string of the molecule is CC(N)c1ccc(NC(=O)c2c(O)cccc2F)cc1. The van der Waals surface area contributed by atoms with Crippen molar-refractivity contribution < 1.29 is 14.3 Å². The summed E-state index contributed by atoms with van der Waals surface area (Å²) in [6.07, 6.45) is 0. The topological polar surface area (TPSA) is 75.3 Å². The van der Waals surface area contributed by atoms with E-state index in [0.29, 0.717) is 5.69 Å². The van der Waals surface area contributed by atoms with Crippen LogP contribution < -0.4 is 11.1 Å². The van der Waals surface area contributed by atoms with E-state index in [4.69, 9.17) is 5.73 Å². The van der Waals surface area contributed by atoms with E-state index in [-0.39, 0.29) is 11.6 Å². The molecule has 0 aromatic heterocycles. The Kier molecular flexibility index (Phi) is 4.00. The molecular formula is C15H15FN2O2. The number of benzene rings is 2. The van der Waals surface area contributed by atoms with Gasteiger partial charge in [-0.15, -0.1) is 0 Å². The summed E-state index contributed by atoms with van der Waals surface area (Å²) in [4.78, 5) is 11.9. The van der Waals surface area contributed by atoms with Crippen LogP contribution in [0.5, 0.6) is 5.75 Å². The highest BCUT2D eigenvalue weighted by Gasteiger charge is 2.16. The fourth-order valence-corrected chi connectivity index (χ4v) is 1.80. The highest BCUT2D eigenvalue weighted by atomic mass is 19.1. The van der Waals surface area contributed by atoms with Gasteiger partial charge in [-0.3, -0.25) is 4.79 Å². The second-order valence-corrected chi connectivity index (χ2v) is 4.50. The molecule has 104 valence electrons. The number of hydrogen-bond donors (Lipinski definition) is 3. The molecule has 2 aromatic carbocycles. The first-order valence-corrected chi connectivity index (χ1v) is 6.13. The lowest BCUT2D eigenvalue weighted by Crippen LogP contribution is -2.14. The molecule has 2 aromatic rings. The van der Waals surface area contributed by atoms with Gasteiger partial charge in [0.2, 0.25) is 0 Å². The molecular weight excluding hydrogens is 259 g/mol. The summed E-state index contributed by atoms with van der Waals surface area (Å²) in [5.41, 5.74) is 6.78. The summed E-state index contributed by atoms with van der Waals surface area (Å²) < 4.78 is 13.5. The number of phenols is 1. The van der Waals surface area contributed by atoms with Crippen molar-refractivity contribution in [1.29, 1.82) is 0 Å². The van der Waals surface area contributed by atoms with Crippen LogP contribution >= 0.6 is 0 Å². The third-order valence-corrected chi connectivity index (χ3v) is 2.91. The number of carbonyl (C=O) groups excluding carboxylic acids is 1. The molecule has 2 rings (SSSR count). The average Bonchev–Trinajstić information content (AvgIpc) is 2.39. The summed E-state index contributed by atoms with van der Waals surface area (Å²) >= 11 is 0. The van der Waals surface area contributed by atoms with Crippen molar-refractivity contribution in [3.05, 3.63) is 59.4 Å². The maximum absolute atomic E-state index is 13.5. The first-order chi connectivity index (χ1) is 9.49. The van der Waals surface area contributed by atoms with E-state index in [2.05, 4.69) is 5.32 Å². The molecule has 0 radical (unpaired) electrons. The molecule has 0 fully saturated rings. The van der Waals surface area contributed by atoms with Crippen molar-refractivity contribution in [2.24, 2.45) is 5.73 Å². The van der Waals surface area contributed by atoms with Crippen LogP contribution in [0.15, 0.2) is 42.5 Å². The Hall–Kier alpha value is -2.40. The Labute approximate surface area is 116 Å². The Morgan fingerprint density at radius 2 is 1.90 bits per heavy atom. The summed E-state index contributed by atoms with van der Waals surface area (Å²) in [5.74, 6) is -1.86. The number of halogens is 1. The van der Waals surface area contributed by atoms with Gasteiger partial charge in [0.05, 0.1) is 0 Å². The predicted molar refractivity (Wildman–Crippen MR) is 75.1 cm³/mol. The number of nitrogens with two attached hydrogens (primary N) is 1. The highest BCUT2D eigenvalue weighted by Crippen LogP contribution is 2.22. The second-order valence-electron chi connectivity index (χ2n) is 4.50. The molecule has 0 saturated carbocycles. The zero-order valence-corrected chi connectivity index (χ0v) is 10.9. The lowest BCUT2D eigenvalue weighted by atomic mass is 10.1. The summed E-state index contributed by atoms with van der Waals surface area (Å²) in [6, 6.07) is 10.5. The molecule has 0 spiro atoms. The molecule has 1 amide bonds. The number of aromatic hydroxyl groups is 1. The Bertz CT molecular complexity index is 604. The number of phenolic OH excluding ortho intramolecular Hbond substituents is 1. The van der Waals surface area contributed by atoms with Gasteiger partial charge in [-0.1, -0.05) is 18.2 Å². The van der Waals surface area contributed by atoms with Gasteiger partial charge >= 0.3 is 0 Å². The molecule has 0 saturated heterocycles. The van der Waals surface area contributed by atoms with Crippen molar-refractivity contribution >= 4 is 11.6 Å². The van der Waals surface area contributed by atoms with Gasteiger partial charge < -0.3 is 16.2 Å². The maximum Gasteiger partial charge on any atom is 0.262 e. The van der Waals surface area contributed by atoms with Crippen molar-refractivity contribution in [3.8, 4) is 5.75 Å². The molecule has 0 heterocycles. The normalized spacial score (nSPS) is 11.9. The van der Waals surface area contributed by atoms with E-state index < -0.39 is 17.5 Å². The molecule has 1 unspecified atom stereocenters. The van der Waals surface area contributed by atoms with Gasteiger partial charge in [-0.25, -0.2) is 4.39 Å². The van der Waals surface area contributed by atoms with E-state index in [1.54, 1.807) is 24.3 Å². The minimum absolute atomic E-state index is 0.102. The first-order valence-electron chi connectivity index (χ1n) is 6.13. The van der Waals surface area contributed by atoms with Crippen LogP contribution in [0.2, 0.25) is 0 Å². The fraction of sp³-hybridized carbons (Fsp3) is 0.133. The summed E-state index contributed by atoms with van der Waals surface area (Å²) in [6.45, 7) is 1.85. The Morgan fingerprint density at radius 1 is 1.25 bits per heavy atom. The molecule has 0 aliphatic carbocycles. The minimum Gasteiger partial charge on any atom is -0.507 e. The minimum atomic E-state index is -0.769. The quantitative estimate of drug-likeness (QED) is 0.805. The van der Waals surface area contributed by atoms with E-state index in [0.717, 1.165) is 11.6 Å². The summed E-state index contributed by atoms with van der Waals surface area (Å²) in [5, 5.41) is 12.1. The first kappa shape index (κ1) is 14.0. The number of carbonyl (C=O) groups is 1. The monoisotopic (exact) mass is 274 g/mol. The van der Waals surface area contributed by atoms with Gasteiger partial charge in [0, 0.05) is 11.7 Å². The molecule has 0 aliphatic rings. The van der Waals surface area contributed by atoms with Gasteiger partial charge in [0.25, 0.3) is 5.91 Å². The molecule has 5 heteroatoms. The molecule has 20 heavy (non-hydrogen) atoms. The predicted octanol–water partition coefficient (Wildman–Crippen LogP) is 2.80. The number of nitrogens with one attached hydrogen (secondary N) is 1. The van der Waals surface area contributed by atoms with Crippen LogP contribution in [0.4, 0.5) is 10.1 Å². The number of amides is 1. The molecule has 1 atom stereocenters. The van der Waals surface area contributed by atoms with E-state index >= 15 is 0 Å². The smallest absolute Gasteiger partial charge is 0.262 e. The highest BCUT2D eigenvalue weighted by molar-refractivity contribution is 6.06. The van der Waals surface area contributed by atoms with Gasteiger partial charge in [-0.2, -0.15) is 0 Å². The number of rotatable bonds is 3. The lowest BCUT2D eigenvalue weighted by Gasteiger charge is -2.09. The van der Waals surface area contributed by atoms with E-state index in [9.17, 15) is 14.3 Å². The van der Waals surface area contributed by atoms with Crippen molar-refractivity contribution in [2.75, 3.05) is 5.32 Å². The zero-order valence-electron chi connectivity index (χ0n) is 10.9. The molecule has 4 N–H and O–H groups in total. The van der Waals surface area contributed by atoms with Crippen LogP contribution in [-0.2, 0) is 0 Å². The van der Waals surface area contributed by atoms with Gasteiger partial charge in [0.1, 0.15) is 17.1 Å². The van der Waals surface area contributed by atoms with Gasteiger partial charge in [0.15, 0.2) is 0 Å². The van der Waals surface area contributed by atoms with Gasteiger partial charge in [-0.05, 0) is 36.8 Å². The standard InChI is InChI=1S/C15H15FN2O2/c1-9(17)10-5-7-11(8-6-10)18-15(20)14-12(16)3-2-4-13(14)19/h2-9,19H,17H2,1H3,(H,18,20). The molecule has 0 bridgehead atoms. The largest absolute Gasteiger partial charge is 0.507 e. The number of anilines is 1. The van der Waals surface area contributed by atoms with Crippen LogP contribution in [0.3, 0.4) is 0 Å². The van der Waals surface area contributed by atoms with Crippen molar-refractivity contribution in [3.63, 3.8) is 0 Å². The maximum atomic E-state index is 13.5. The zero-order chi connectivity index (χ0) is 14.7. The van der Waals surface area contributed by atoms with E-state index in [1.165, 1.54) is 12.1 Å².